The van der Waals surface area contributed by atoms with Crippen LogP contribution in [0.25, 0.3) is 0 Å². The van der Waals surface area contributed by atoms with Crippen molar-refractivity contribution in [2.75, 3.05) is 14.1 Å². The minimum Gasteiger partial charge on any atom is -0.447 e. The molecule has 4 nitrogen and oxygen atoms in total. The van der Waals surface area contributed by atoms with Gasteiger partial charge in [-0.2, -0.15) is 0 Å². The molecule has 1 amide bonds. The largest absolute Gasteiger partial charge is 0.447 e. The molecule has 1 atom stereocenters. The maximum Gasteiger partial charge on any atom is 0.313 e. The van der Waals surface area contributed by atoms with Gasteiger partial charge in [0.05, 0.1) is 5.41 Å². The lowest BCUT2D eigenvalue weighted by molar-refractivity contribution is -0.181. The van der Waals surface area contributed by atoms with Gasteiger partial charge >= 0.3 is 5.97 Å². The Kier molecular flexibility index (Phi) is 4.09. The van der Waals surface area contributed by atoms with Gasteiger partial charge in [0.15, 0.2) is 0 Å². The van der Waals surface area contributed by atoms with Gasteiger partial charge in [0.2, 0.25) is 6.10 Å². The molecule has 4 fully saturated rings. The lowest BCUT2D eigenvalue weighted by atomic mass is 9.49. The monoisotopic (exact) mass is 341 g/mol. The van der Waals surface area contributed by atoms with Gasteiger partial charge < -0.3 is 9.64 Å². The molecule has 0 radical (unpaired) electrons. The van der Waals surface area contributed by atoms with Crippen molar-refractivity contribution >= 4 is 11.9 Å². The Morgan fingerprint density at radius 3 is 2.00 bits per heavy atom. The summed E-state index contributed by atoms with van der Waals surface area (Å²) in [5.41, 5.74) is 0.410. The predicted molar refractivity (Wildman–Crippen MR) is 94.6 cm³/mol. The maximum absolute atomic E-state index is 13.2. The summed E-state index contributed by atoms with van der Waals surface area (Å²) < 4.78 is 5.91. The number of likely N-dealkylation sites (N-methyl/N-ethyl adjacent to an activating group) is 1. The summed E-state index contributed by atoms with van der Waals surface area (Å²) in [6, 6.07) is 9.38. The Morgan fingerprint density at radius 2 is 1.52 bits per heavy atom. The highest BCUT2D eigenvalue weighted by molar-refractivity contribution is 5.86. The number of benzene rings is 1. The first-order valence-corrected chi connectivity index (χ1v) is 9.44. The zero-order valence-electron chi connectivity index (χ0n) is 15.1. The van der Waals surface area contributed by atoms with Crippen molar-refractivity contribution in [3.05, 3.63) is 35.9 Å². The van der Waals surface area contributed by atoms with Gasteiger partial charge in [0.1, 0.15) is 0 Å². The zero-order valence-corrected chi connectivity index (χ0v) is 15.1. The molecule has 0 N–H and O–H groups in total. The summed E-state index contributed by atoms with van der Waals surface area (Å²) in [5, 5.41) is 0. The number of ether oxygens (including phenoxy) is 1. The average molecular weight is 341 g/mol. The quantitative estimate of drug-likeness (QED) is 0.787. The molecule has 0 spiro atoms. The van der Waals surface area contributed by atoms with Crippen LogP contribution in [0.15, 0.2) is 30.3 Å². The molecule has 1 aromatic carbocycles. The minimum absolute atomic E-state index is 0.143. The Morgan fingerprint density at radius 1 is 1.00 bits per heavy atom. The molecule has 134 valence electrons. The number of carbonyl (C=O) groups is 2. The van der Waals surface area contributed by atoms with Crippen LogP contribution in [0.1, 0.15) is 50.2 Å². The van der Waals surface area contributed by atoms with Crippen LogP contribution < -0.4 is 0 Å². The topological polar surface area (TPSA) is 46.6 Å². The summed E-state index contributed by atoms with van der Waals surface area (Å²) in [4.78, 5) is 27.4. The van der Waals surface area contributed by atoms with Crippen molar-refractivity contribution in [1.29, 1.82) is 0 Å². The lowest BCUT2D eigenvalue weighted by Crippen LogP contribution is -2.51. The van der Waals surface area contributed by atoms with E-state index < -0.39 is 6.10 Å². The summed E-state index contributed by atoms with van der Waals surface area (Å²) in [7, 11) is 3.41. The number of carbonyl (C=O) groups excluding carboxylic acids is 2. The van der Waals surface area contributed by atoms with Crippen molar-refractivity contribution < 1.29 is 14.3 Å². The number of esters is 1. The van der Waals surface area contributed by atoms with Gasteiger partial charge in [-0.05, 0) is 56.3 Å². The molecule has 4 heteroatoms. The Balaban J connectivity index is 1.58. The van der Waals surface area contributed by atoms with E-state index >= 15 is 0 Å². The van der Waals surface area contributed by atoms with Crippen LogP contribution in [0.2, 0.25) is 0 Å². The fourth-order valence-corrected chi connectivity index (χ4v) is 5.72. The highest BCUT2D eigenvalue weighted by Crippen LogP contribution is 2.60. The number of hydrogen-bond donors (Lipinski definition) is 0. The summed E-state index contributed by atoms with van der Waals surface area (Å²) in [6.45, 7) is 0. The predicted octanol–water partition coefficient (Wildman–Crippen LogP) is 3.58. The van der Waals surface area contributed by atoms with Crippen LogP contribution >= 0.6 is 0 Å². The zero-order chi connectivity index (χ0) is 17.6. The van der Waals surface area contributed by atoms with Crippen molar-refractivity contribution in [2.45, 2.75) is 44.6 Å². The first-order valence-electron chi connectivity index (χ1n) is 9.44. The summed E-state index contributed by atoms with van der Waals surface area (Å²) >= 11 is 0. The van der Waals surface area contributed by atoms with Gasteiger partial charge in [-0.3, -0.25) is 9.59 Å². The molecule has 25 heavy (non-hydrogen) atoms. The van der Waals surface area contributed by atoms with E-state index in [-0.39, 0.29) is 17.3 Å². The second-order valence-corrected chi connectivity index (χ2v) is 8.63. The smallest absolute Gasteiger partial charge is 0.313 e. The molecule has 0 saturated heterocycles. The minimum atomic E-state index is -0.836. The van der Waals surface area contributed by atoms with Gasteiger partial charge in [0, 0.05) is 19.7 Å². The van der Waals surface area contributed by atoms with Crippen molar-refractivity contribution in [3.8, 4) is 0 Å². The van der Waals surface area contributed by atoms with Gasteiger partial charge in [-0.1, -0.05) is 30.3 Å². The number of rotatable bonds is 4. The first kappa shape index (κ1) is 16.6. The van der Waals surface area contributed by atoms with Gasteiger partial charge in [-0.25, -0.2) is 0 Å². The standard InChI is InChI=1S/C21H27NO3/c1-22(2)19(23)18(17-6-4-3-5-7-17)25-20(24)21-11-14-8-15(12-21)10-16(9-14)13-21/h3-7,14-16,18H,8-13H2,1-2H3/t14?,15?,16?,18-,21?/m0/s1. The highest BCUT2D eigenvalue weighted by Gasteiger charge is 2.56. The Labute approximate surface area is 149 Å². The Hall–Kier alpha value is -1.84. The number of hydrogen-bond acceptors (Lipinski definition) is 3. The average Bonchev–Trinajstić information content (AvgIpc) is 2.58. The van der Waals surface area contributed by atoms with E-state index in [2.05, 4.69) is 0 Å². The maximum atomic E-state index is 13.2. The van der Waals surface area contributed by atoms with E-state index in [0.717, 1.165) is 24.8 Å². The number of amides is 1. The van der Waals surface area contributed by atoms with E-state index in [0.29, 0.717) is 17.8 Å². The fourth-order valence-electron chi connectivity index (χ4n) is 5.72. The molecule has 0 aliphatic heterocycles. The second kappa shape index (κ2) is 6.15. The summed E-state index contributed by atoms with van der Waals surface area (Å²) in [6.07, 6.45) is 5.87. The van der Waals surface area contributed by atoms with Crippen LogP contribution in [0, 0.1) is 23.2 Å². The highest BCUT2D eigenvalue weighted by atomic mass is 16.5. The van der Waals surface area contributed by atoms with Crippen LogP contribution in [0.3, 0.4) is 0 Å². The molecule has 0 heterocycles. The van der Waals surface area contributed by atoms with Crippen molar-refractivity contribution in [2.24, 2.45) is 23.2 Å². The van der Waals surface area contributed by atoms with Crippen molar-refractivity contribution in [1.82, 2.24) is 4.90 Å². The SMILES string of the molecule is CN(C)C(=O)[C@@H](OC(=O)C12CC3CC(CC(C3)C1)C2)c1ccccc1. The van der Waals surface area contributed by atoms with E-state index in [1.54, 1.807) is 14.1 Å². The summed E-state index contributed by atoms with van der Waals surface area (Å²) in [5.74, 6) is 1.72. The van der Waals surface area contributed by atoms with Crippen LogP contribution in [0.5, 0.6) is 0 Å². The van der Waals surface area contributed by atoms with Gasteiger partial charge in [0.25, 0.3) is 5.91 Å². The normalized spacial score (nSPS) is 33.8. The first-order chi connectivity index (χ1) is 12.0. The van der Waals surface area contributed by atoms with E-state index in [1.165, 1.54) is 24.2 Å². The van der Waals surface area contributed by atoms with Crippen LogP contribution in [0.4, 0.5) is 0 Å². The van der Waals surface area contributed by atoms with E-state index in [4.69, 9.17) is 4.74 Å². The molecular weight excluding hydrogens is 314 g/mol. The molecular formula is C21H27NO3. The third-order valence-electron chi connectivity index (χ3n) is 6.46. The lowest BCUT2D eigenvalue weighted by Gasteiger charge is -2.55. The third-order valence-corrected chi connectivity index (χ3v) is 6.46. The third kappa shape index (κ3) is 2.96. The second-order valence-electron chi connectivity index (χ2n) is 8.63. The molecule has 4 bridgehead atoms. The fraction of sp³-hybridized carbons (Fsp3) is 0.619. The molecule has 0 unspecified atom stereocenters. The van der Waals surface area contributed by atoms with Crippen LogP contribution in [-0.2, 0) is 14.3 Å². The molecule has 4 aliphatic rings. The Bertz CT molecular complexity index is 632. The van der Waals surface area contributed by atoms with Gasteiger partial charge in [-0.15, -0.1) is 0 Å². The molecule has 4 aliphatic carbocycles. The number of nitrogens with zero attached hydrogens (tertiary/aromatic N) is 1. The van der Waals surface area contributed by atoms with E-state index in [1.807, 2.05) is 30.3 Å². The van der Waals surface area contributed by atoms with Crippen molar-refractivity contribution in [3.63, 3.8) is 0 Å². The van der Waals surface area contributed by atoms with E-state index in [9.17, 15) is 9.59 Å². The molecule has 5 rings (SSSR count). The molecule has 0 aromatic heterocycles. The molecule has 1 aromatic rings. The van der Waals surface area contributed by atoms with Crippen LogP contribution in [-0.4, -0.2) is 30.9 Å². The molecule has 4 saturated carbocycles.